The number of nitrogens with one attached hydrogen (secondary N) is 2. The van der Waals surface area contributed by atoms with Crippen molar-refractivity contribution >= 4 is 24.8 Å². The molecule has 0 aromatic carbocycles. The molecule has 2 N–H and O–H groups in total. The van der Waals surface area contributed by atoms with Gasteiger partial charge >= 0.3 is 6.18 Å². The summed E-state index contributed by atoms with van der Waals surface area (Å²) in [5, 5.41) is 3.08. The maximum atomic E-state index is 12.2. The Morgan fingerprint density at radius 1 is 1.31 bits per heavy atom. The van der Waals surface area contributed by atoms with Gasteiger partial charge in [-0.1, -0.05) is 0 Å². The lowest BCUT2D eigenvalue weighted by Crippen LogP contribution is -2.14. The van der Waals surface area contributed by atoms with Crippen molar-refractivity contribution in [1.29, 1.82) is 0 Å². The van der Waals surface area contributed by atoms with E-state index in [1.54, 1.807) is 0 Å². The van der Waals surface area contributed by atoms with E-state index in [4.69, 9.17) is 0 Å². The molecule has 2 heterocycles. The van der Waals surface area contributed by atoms with Crippen molar-refractivity contribution in [3.63, 3.8) is 0 Å². The molecule has 1 aliphatic heterocycles. The van der Waals surface area contributed by atoms with Gasteiger partial charge in [0.25, 0.3) is 0 Å². The van der Waals surface area contributed by atoms with Crippen LogP contribution >= 0.6 is 24.8 Å². The SMILES string of the molecule is Cl.Cl.FC(F)(F)c1cnc([C@H]2CCCN2)[nH]1. The van der Waals surface area contributed by atoms with Crippen LogP contribution in [0, 0.1) is 0 Å². The Balaban J connectivity index is 0.00000112. The Morgan fingerprint density at radius 2 is 2.00 bits per heavy atom. The van der Waals surface area contributed by atoms with Gasteiger partial charge in [0.05, 0.1) is 12.2 Å². The van der Waals surface area contributed by atoms with E-state index in [0.717, 1.165) is 25.6 Å². The van der Waals surface area contributed by atoms with E-state index in [-0.39, 0.29) is 30.9 Å². The van der Waals surface area contributed by atoms with Crippen molar-refractivity contribution < 1.29 is 13.2 Å². The third kappa shape index (κ3) is 3.26. The predicted molar refractivity (Wildman–Crippen MR) is 58.1 cm³/mol. The fourth-order valence-electron chi connectivity index (χ4n) is 1.58. The van der Waals surface area contributed by atoms with Crippen LogP contribution in [0.1, 0.15) is 30.4 Å². The van der Waals surface area contributed by atoms with Gasteiger partial charge in [-0.15, -0.1) is 24.8 Å². The van der Waals surface area contributed by atoms with E-state index in [2.05, 4.69) is 15.3 Å². The maximum absolute atomic E-state index is 12.2. The molecule has 0 unspecified atom stereocenters. The molecule has 1 aromatic rings. The molecule has 1 aromatic heterocycles. The molecular weight excluding hydrogens is 266 g/mol. The number of hydrogen-bond donors (Lipinski definition) is 2. The zero-order valence-electron chi connectivity index (χ0n) is 8.17. The first-order chi connectivity index (χ1) is 6.57. The van der Waals surface area contributed by atoms with Crippen LogP contribution in [0.4, 0.5) is 13.2 Å². The number of alkyl halides is 3. The number of halogens is 5. The molecule has 0 radical (unpaired) electrons. The van der Waals surface area contributed by atoms with Crippen LogP contribution < -0.4 is 5.32 Å². The Bertz CT molecular complexity index is 321. The van der Waals surface area contributed by atoms with Crippen molar-refractivity contribution in [3.05, 3.63) is 17.7 Å². The van der Waals surface area contributed by atoms with E-state index in [0.29, 0.717) is 5.82 Å². The summed E-state index contributed by atoms with van der Waals surface area (Å²) < 4.78 is 36.6. The maximum Gasteiger partial charge on any atom is 0.432 e. The molecule has 0 saturated carbocycles. The molecule has 1 aliphatic rings. The number of rotatable bonds is 1. The second kappa shape index (κ2) is 5.75. The Hall–Kier alpha value is -0.460. The summed E-state index contributed by atoms with van der Waals surface area (Å²) in [4.78, 5) is 6.02. The number of nitrogens with zero attached hydrogens (tertiary/aromatic N) is 1. The van der Waals surface area contributed by atoms with E-state index < -0.39 is 11.9 Å². The number of hydrogen-bond acceptors (Lipinski definition) is 2. The summed E-state index contributed by atoms with van der Waals surface area (Å²) in [6.45, 7) is 0.840. The van der Waals surface area contributed by atoms with Gasteiger partial charge < -0.3 is 10.3 Å². The Kier molecular flexibility index (Phi) is 5.58. The highest BCUT2D eigenvalue weighted by Gasteiger charge is 2.34. The number of H-pyrrole nitrogens is 1. The Morgan fingerprint density at radius 3 is 2.44 bits per heavy atom. The van der Waals surface area contributed by atoms with Gasteiger partial charge in [-0.2, -0.15) is 13.2 Å². The van der Waals surface area contributed by atoms with Gasteiger partial charge in [0.1, 0.15) is 11.5 Å². The molecule has 8 heteroatoms. The lowest BCUT2D eigenvalue weighted by Gasteiger charge is -2.06. The smallest absolute Gasteiger partial charge is 0.337 e. The highest BCUT2D eigenvalue weighted by molar-refractivity contribution is 5.85. The molecule has 2 rings (SSSR count). The van der Waals surface area contributed by atoms with Crippen molar-refractivity contribution in [1.82, 2.24) is 15.3 Å². The molecular formula is C8H12Cl2F3N3. The molecule has 3 nitrogen and oxygen atoms in total. The summed E-state index contributed by atoms with van der Waals surface area (Å²) in [5.74, 6) is 0.384. The van der Waals surface area contributed by atoms with E-state index >= 15 is 0 Å². The van der Waals surface area contributed by atoms with Crippen LogP contribution in [0.25, 0.3) is 0 Å². The third-order valence-electron chi connectivity index (χ3n) is 2.29. The first kappa shape index (κ1) is 15.5. The molecule has 0 aliphatic carbocycles. The van der Waals surface area contributed by atoms with Crippen LogP contribution in [0.5, 0.6) is 0 Å². The van der Waals surface area contributed by atoms with Crippen LogP contribution in [-0.2, 0) is 6.18 Å². The number of imidazole rings is 1. The summed E-state index contributed by atoms with van der Waals surface area (Å²) in [6.07, 6.45) is -1.67. The highest BCUT2D eigenvalue weighted by atomic mass is 35.5. The van der Waals surface area contributed by atoms with Gasteiger partial charge in [-0.3, -0.25) is 0 Å². The van der Waals surface area contributed by atoms with E-state index in [1.165, 1.54) is 0 Å². The zero-order chi connectivity index (χ0) is 10.2. The second-order valence-corrected chi connectivity index (χ2v) is 3.33. The topological polar surface area (TPSA) is 40.7 Å². The van der Waals surface area contributed by atoms with Gasteiger partial charge in [0.2, 0.25) is 0 Å². The van der Waals surface area contributed by atoms with Crippen LogP contribution in [0.2, 0.25) is 0 Å². The minimum atomic E-state index is -4.33. The fraction of sp³-hybridized carbons (Fsp3) is 0.625. The van der Waals surface area contributed by atoms with Crippen LogP contribution in [0.3, 0.4) is 0 Å². The van der Waals surface area contributed by atoms with Crippen molar-refractivity contribution in [2.45, 2.75) is 25.1 Å². The van der Waals surface area contributed by atoms with Crippen molar-refractivity contribution in [2.24, 2.45) is 0 Å². The van der Waals surface area contributed by atoms with Gasteiger partial charge in [-0.25, -0.2) is 4.98 Å². The first-order valence-corrected chi connectivity index (χ1v) is 4.43. The van der Waals surface area contributed by atoms with Crippen molar-refractivity contribution in [2.75, 3.05) is 6.54 Å². The monoisotopic (exact) mass is 277 g/mol. The minimum absolute atomic E-state index is 0. The van der Waals surface area contributed by atoms with Crippen LogP contribution in [-0.4, -0.2) is 16.5 Å². The lowest BCUT2D eigenvalue weighted by molar-refractivity contribution is -0.140. The quantitative estimate of drug-likeness (QED) is 0.829. The molecule has 16 heavy (non-hydrogen) atoms. The van der Waals surface area contributed by atoms with E-state index in [9.17, 15) is 13.2 Å². The predicted octanol–water partition coefficient (Wildman–Crippen LogP) is 2.70. The molecule has 94 valence electrons. The van der Waals surface area contributed by atoms with Gasteiger partial charge in [0.15, 0.2) is 0 Å². The third-order valence-corrected chi connectivity index (χ3v) is 2.29. The summed E-state index contributed by atoms with van der Waals surface area (Å²) in [5.41, 5.74) is -0.777. The van der Waals surface area contributed by atoms with Crippen LogP contribution in [0.15, 0.2) is 6.20 Å². The summed E-state index contributed by atoms with van der Waals surface area (Å²) in [7, 11) is 0. The molecule has 0 bridgehead atoms. The molecule has 0 spiro atoms. The highest BCUT2D eigenvalue weighted by Crippen LogP contribution is 2.29. The second-order valence-electron chi connectivity index (χ2n) is 3.33. The zero-order valence-corrected chi connectivity index (χ0v) is 9.81. The minimum Gasteiger partial charge on any atom is -0.337 e. The fourth-order valence-corrected chi connectivity index (χ4v) is 1.58. The summed E-state index contributed by atoms with van der Waals surface area (Å²) >= 11 is 0. The lowest BCUT2D eigenvalue weighted by atomic mass is 10.2. The Labute approximate surface area is 103 Å². The average molecular weight is 278 g/mol. The average Bonchev–Trinajstić information content (AvgIpc) is 2.73. The number of aromatic amines is 1. The standard InChI is InChI=1S/C8H10F3N3.2ClH/c9-8(10,11)6-4-13-7(14-6)5-2-1-3-12-5;;/h4-5,12H,1-3H2,(H,13,14);2*1H/t5-;;/m1../s1. The number of aromatic nitrogens is 2. The van der Waals surface area contributed by atoms with Gasteiger partial charge in [0, 0.05) is 0 Å². The first-order valence-electron chi connectivity index (χ1n) is 4.43. The molecule has 1 fully saturated rings. The molecule has 0 amide bonds. The van der Waals surface area contributed by atoms with Gasteiger partial charge in [-0.05, 0) is 19.4 Å². The summed E-state index contributed by atoms with van der Waals surface area (Å²) in [6, 6.07) is -0.0499. The van der Waals surface area contributed by atoms with Crippen molar-refractivity contribution in [3.8, 4) is 0 Å². The molecule has 1 saturated heterocycles. The largest absolute Gasteiger partial charge is 0.432 e. The molecule has 1 atom stereocenters. The van der Waals surface area contributed by atoms with E-state index in [1.807, 2.05) is 0 Å². The normalized spacial score (nSPS) is 20.1.